The van der Waals surface area contributed by atoms with Gasteiger partial charge in [0.15, 0.2) is 0 Å². The molecule has 0 aliphatic rings. The van der Waals surface area contributed by atoms with E-state index < -0.39 is 0 Å². The highest BCUT2D eigenvalue weighted by Gasteiger charge is 2.17. The second-order valence-electron chi connectivity index (χ2n) is 6.57. The number of H-pyrrole nitrogens is 1. The summed E-state index contributed by atoms with van der Waals surface area (Å²) in [4.78, 5) is 16.1. The fraction of sp³-hybridized carbons (Fsp3) is 0.0870. The molecule has 4 rings (SSSR count). The van der Waals surface area contributed by atoms with Crippen LogP contribution in [0.25, 0.3) is 10.9 Å². The number of aromatic amines is 1. The van der Waals surface area contributed by atoms with E-state index in [1.165, 1.54) is 0 Å². The molecule has 3 aromatic carbocycles. The molecule has 1 aromatic heterocycles. The molecule has 0 radical (unpaired) electrons. The Kier molecular flexibility index (Phi) is 4.62. The first-order valence-corrected chi connectivity index (χ1v) is 8.96. The summed E-state index contributed by atoms with van der Waals surface area (Å²) in [6, 6.07) is 27.4. The number of fused-ring (bicyclic) bond motifs is 1. The lowest BCUT2D eigenvalue weighted by atomic mass is 9.99. The van der Waals surface area contributed by atoms with Gasteiger partial charge in [0.25, 0.3) is 0 Å². The van der Waals surface area contributed by atoms with Crippen LogP contribution in [0.4, 0.5) is 10.5 Å². The van der Waals surface area contributed by atoms with Crippen molar-refractivity contribution in [2.75, 3.05) is 5.32 Å². The summed E-state index contributed by atoms with van der Waals surface area (Å²) in [6.45, 7) is 2.00. The van der Waals surface area contributed by atoms with Crippen LogP contribution in [-0.4, -0.2) is 11.0 Å². The largest absolute Gasteiger partial charge is 0.359 e. The molecule has 2 amide bonds. The van der Waals surface area contributed by atoms with Gasteiger partial charge in [-0.2, -0.15) is 0 Å². The Bertz CT molecular complexity index is 1020. The Hall–Kier alpha value is -3.53. The van der Waals surface area contributed by atoms with Gasteiger partial charge >= 0.3 is 6.03 Å². The molecular weight excluding hydrogens is 334 g/mol. The number of hydrogen-bond acceptors (Lipinski definition) is 1. The number of carbonyl (C=O) groups excluding carboxylic acids is 1. The van der Waals surface area contributed by atoms with E-state index in [4.69, 9.17) is 0 Å². The van der Waals surface area contributed by atoms with Crippen LogP contribution in [0.5, 0.6) is 0 Å². The van der Waals surface area contributed by atoms with E-state index in [0.717, 1.165) is 33.4 Å². The van der Waals surface area contributed by atoms with Crippen LogP contribution in [0.3, 0.4) is 0 Å². The van der Waals surface area contributed by atoms with Gasteiger partial charge in [-0.15, -0.1) is 0 Å². The van der Waals surface area contributed by atoms with Crippen molar-refractivity contribution in [3.8, 4) is 0 Å². The molecule has 4 aromatic rings. The summed E-state index contributed by atoms with van der Waals surface area (Å²) in [5.41, 5.74) is 4.93. The van der Waals surface area contributed by atoms with Gasteiger partial charge in [0, 0.05) is 16.6 Å². The third-order valence-corrected chi connectivity index (χ3v) is 4.59. The third-order valence-electron chi connectivity index (χ3n) is 4.59. The van der Waals surface area contributed by atoms with E-state index in [1.807, 2.05) is 91.9 Å². The van der Waals surface area contributed by atoms with Crippen LogP contribution < -0.4 is 10.6 Å². The second-order valence-corrected chi connectivity index (χ2v) is 6.57. The number of hydrogen-bond donors (Lipinski definition) is 3. The first-order chi connectivity index (χ1) is 13.2. The molecule has 0 aliphatic heterocycles. The summed E-state index contributed by atoms with van der Waals surface area (Å²) < 4.78 is 0. The zero-order chi connectivity index (χ0) is 18.6. The summed E-state index contributed by atoms with van der Waals surface area (Å²) in [7, 11) is 0. The number of amides is 2. The minimum Gasteiger partial charge on any atom is -0.359 e. The molecule has 0 saturated carbocycles. The summed E-state index contributed by atoms with van der Waals surface area (Å²) in [5.74, 6) is 0. The van der Waals surface area contributed by atoms with Crippen molar-refractivity contribution in [1.82, 2.24) is 10.3 Å². The first kappa shape index (κ1) is 16.9. The minimum atomic E-state index is -0.237. The molecule has 27 heavy (non-hydrogen) atoms. The molecular formula is C23H21N3O. The zero-order valence-corrected chi connectivity index (χ0v) is 15.1. The van der Waals surface area contributed by atoms with Gasteiger partial charge in [0.1, 0.15) is 0 Å². The molecule has 0 bridgehead atoms. The number of carbonyl (C=O) groups is 1. The van der Waals surface area contributed by atoms with Crippen molar-refractivity contribution >= 4 is 22.6 Å². The maximum atomic E-state index is 12.8. The highest BCUT2D eigenvalue weighted by molar-refractivity contribution is 6.01. The molecule has 0 spiro atoms. The van der Waals surface area contributed by atoms with Crippen molar-refractivity contribution in [3.05, 3.63) is 102 Å². The lowest BCUT2D eigenvalue weighted by Gasteiger charge is -2.20. The van der Waals surface area contributed by atoms with Gasteiger partial charge in [-0.3, -0.25) is 0 Å². The van der Waals surface area contributed by atoms with Crippen LogP contribution in [0.1, 0.15) is 22.9 Å². The van der Waals surface area contributed by atoms with Gasteiger partial charge in [-0.05, 0) is 36.2 Å². The van der Waals surface area contributed by atoms with E-state index in [1.54, 1.807) is 0 Å². The normalized spacial score (nSPS) is 10.9. The Morgan fingerprint density at radius 3 is 2.11 bits per heavy atom. The van der Waals surface area contributed by atoms with E-state index in [0.29, 0.717) is 0 Å². The van der Waals surface area contributed by atoms with Crippen molar-refractivity contribution in [3.63, 3.8) is 0 Å². The number of urea groups is 1. The Morgan fingerprint density at radius 2 is 1.48 bits per heavy atom. The molecule has 0 atom stereocenters. The Morgan fingerprint density at radius 1 is 0.852 bits per heavy atom. The Labute approximate surface area is 158 Å². The quantitative estimate of drug-likeness (QED) is 0.452. The second kappa shape index (κ2) is 7.38. The molecule has 0 aliphatic carbocycles. The molecule has 1 heterocycles. The van der Waals surface area contributed by atoms with Crippen LogP contribution in [0.15, 0.2) is 84.9 Å². The van der Waals surface area contributed by atoms with Crippen LogP contribution in [-0.2, 0) is 0 Å². The fourth-order valence-corrected chi connectivity index (χ4v) is 3.34. The molecule has 4 heteroatoms. The molecule has 0 fully saturated rings. The maximum absolute atomic E-state index is 12.8. The topological polar surface area (TPSA) is 56.9 Å². The average Bonchev–Trinajstić information content (AvgIpc) is 3.09. The standard InChI is InChI=1S/C23H21N3O/c1-16-15-19-20(24-16)13-8-14-21(19)25-23(27)26-22(17-9-4-2-5-10-17)18-11-6-3-7-12-18/h2-15,22,24H,1H3,(H2,25,26,27). The molecule has 0 saturated heterocycles. The van der Waals surface area contributed by atoms with Crippen LogP contribution in [0, 0.1) is 6.92 Å². The lowest BCUT2D eigenvalue weighted by molar-refractivity contribution is 0.250. The number of aryl methyl sites for hydroxylation is 1. The molecule has 134 valence electrons. The van der Waals surface area contributed by atoms with Gasteiger partial charge < -0.3 is 15.6 Å². The third kappa shape index (κ3) is 3.70. The SMILES string of the molecule is Cc1cc2c(NC(=O)NC(c3ccccc3)c3ccccc3)cccc2[nH]1. The molecule has 0 unspecified atom stereocenters. The number of nitrogens with one attached hydrogen (secondary N) is 3. The first-order valence-electron chi connectivity index (χ1n) is 8.96. The summed E-state index contributed by atoms with van der Waals surface area (Å²) >= 11 is 0. The van der Waals surface area contributed by atoms with Crippen molar-refractivity contribution in [2.24, 2.45) is 0 Å². The average molecular weight is 355 g/mol. The van der Waals surface area contributed by atoms with Gasteiger partial charge in [-0.1, -0.05) is 66.7 Å². The Balaban J connectivity index is 1.60. The van der Waals surface area contributed by atoms with Crippen molar-refractivity contribution in [1.29, 1.82) is 0 Å². The van der Waals surface area contributed by atoms with Gasteiger partial charge in [0.2, 0.25) is 0 Å². The van der Waals surface area contributed by atoms with E-state index in [-0.39, 0.29) is 12.1 Å². The number of benzene rings is 3. The van der Waals surface area contributed by atoms with Gasteiger partial charge in [0.05, 0.1) is 11.7 Å². The number of aromatic nitrogens is 1. The number of anilines is 1. The van der Waals surface area contributed by atoms with E-state index in [2.05, 4.69) is 15.6 Å². The maximum Gasteiger partial charge on any atom is 0.320 e. The molecule has 3 N–H and O–H groups in total. The monoisotopic (exact) mass is 355 g/mol. The van der Waals surface area contributed by atoms with Gasteiger partial charge in [-0.25, -0.2) is 4.79 Å². The van der Waals surface area contributed by atoms with Crippen LogP contribution >= 0.6 is 0 Å². The fourth-order valence-electron chi connectivity index (χ4n) is 3.34. The lowest BCUT2D eigenvalue weighted by Crippen LogP contribution is -2.33. The van der Waals surface area contributed by atoms with Crippen molar-refractivity contribution in [2.45, 2.75) is 13.0 Å². The molecule has 4 nitrogen and oxygen atoms in total. The van der Waals surface area contributed by atoms with E-state index in [9.17, 15) is 4.79 Å². The smallest absolute Gasteiger partial charge is 0.320 e. The zero-order valence-electron chi connectivity index (χ0n) is 15.1. The number of rotatable bonds is 4. The predicted octanol–water partition coefficient (Wildman–Crippen LogP) is 5.39. The van der Waals surface area contributed by atoms with Crippen molar-refractivity contribution < 1.29 is 4.79 Å². The van der Waals surface area contributed by atoms with E-state index >= 15 is 0 Å². The predicted molar refractivity (Wildman–Crippen MR) is 110 cm³/mol. The summed E-state index contributed by atoms with van der Waals surface area (Å²) in [6.07, 6.45) is 0. The highest BCUT2D eigenvalue weighted by Crippen LogP contribution is 2.25. The summed E-state index contributed by atoms with van der Waals surface area (Å²) in [5, 5.41) is 7.11. The minimum absolute atomic E-state index is 0.223. The van der Waals surface area contributed by atoms with Crippen LogP contribution in [0.2, 0.25) is 0 Å². The highest BCUT2D eigenvalue weighted by atomic mass is 16.2.